The summed E-state index contributed by atoms with van der Waals surface area (Å²) in [5, 5.41) is 0. The molecule has 104 valence electrons. The van der Waals surface area contributed by atoms with Crippen LogP contribution in [0.5, 0.6) is 0 Å². The Balaban J connectivity index is 2.89. The van der Waals surface area contributed by atoms with Crippen LogP contribution in [0.15, 0.2) is 11.6 Å². The van der Waals surface area contributed by atoms with Gasteiger partial charge in [-0.3, -0.25) is 4.79 Å². The quantitative estimate of drug-likeness (QED) is 0.448. The van der Waals surface area contributed by atoms with Gasteiger partial charge in [-0.2, -0.15) is 0 Å². The molecule has 1 heterocycles. The van der Waals surface area contributed by atoms with E-state index in [9.17, 15) is 9.35 Å². The van der Waals surface area contributed by atoms with Crippen LogP contribution in [0.1, 0.15) is 41.0 Å². The molecule has 0 aliphatic carbocycles. The molecule has 0 N–H and O–H groups in total. The fourth-order valence-electron chi connectivity index (χ4n) is 1.84. The lowest BCUT2D eigenvalue weighted by atomic mass is 10.0. The molecule has 4 nitrogen and oxygen atoms in total. The van der Waals surface area contributed by atoms with Gasteiger partial charge in [-0.05, 0) is 41.0 Å². The lowest BCUT2D eigenvalue weighted by molar-refractivity contribution is -0.147. The average molecular weight is 273 g/mol. The van der Waals surface area contributed by atoms with Crippen LogP contribution in [0.4, 0.5) is 0 Å². The van der Waals surface area contributed by atoms with Gasteiger partial charge in [-0.1, -0.05) is 11.6 Å². The van der Waals surface area contributed by atoms with Crippen molar-refractivity contribution < 1.29 is 14.1 Å². The molecule has 2 atom stereocenters. The van der Waals surface area contributed by atoms with Crippen LogP contribution in [0.25, 0.3) is 0 Å². The van der Waals surface area contributed by atoms with Gasteiger partial charge in [0.1, 0.15) is 4.75 Å². The van der Waals surface area contributed by atoms with Crippen molar-refractivity contribution in [2.24, 2.45) is 0 Å². The maximum atomic E-state index is 12.4. The highest BCUT2D eigenvalue weighted by Gasteiger charge is 2.42. The second-order valence-corrected chi connectivity index (χ2v) is 7.68. The van der Waals surface area contributed by atoms with E-state index in [4.69, 9.17) is 4.74 Å². The van der Waals surface area contributed by atoms with Gasteiger partial charge in [-0.25, -0.2) is 0 Å². The van der Waals surface area contributed by atoms with Crippen molar-refractivity contribution in [2.75, 3.05) is 13.2 Å². The minimum atomic E-state index is -1.21. The number of esters is 1. The van der Waals surface area contributed by atoms with Gasteiger partial charge >= 0.3 is 5.97 Å². The van der Waals surface area contributed by atoms with Gasteiger partial charge in [0.05, 0.1) is 13.2 Å². The topological polar surface area (TPSA) is 52.6 Å². The Morgan fingerprint density at radius 2 is 2.22 bits per heavy atom. The second kappa shape index (κ2) is 6.08. The predicted molar refractivity (Wildman–Crippen MR) is 73.4 cm³/mol. The number of hydrogen-bond acceptors (Lipinski definition) is 4. The van der Waals surface area contributed by atoms with Crippen molar-refractivity contribution in [1.82, 2.24) is 4.31 Å². The van der Waals surface area contributed by atoms with Gasteiger partial charge in [-0.15, -0.1) is 4.31 Å². The van der Waals surface area contributed by atoms with E-state index in [0.717, 1.165) is 5.57 Å². The van der Waals surface area contributed by atoms with Crippen molar-refractivity contribution in [3.8, 4) is 0 Å². The number of hydrogen-bond donors (Lipinski definition) is 0. The van der Waals surface area contributed by atoms with Crippen molar-refractivity contribution in [2.45, 2.75) is 51.8 Å². The summed E-state index contributed by atoms with van der Waals surface area (Å²) in [6.07, 6.45) is 2.63. The molecule has 0 aromatic heterocycles. The Morgan fingerprint density at radius 1 is 1.61 bits per heavy atom. The zero-order chi connectivity index (χ0) is 13.9. The normalized spacial score (nSPS) is 23.4. The molecule has 0 spiro atoms. The number of carbonyl (C=O) groups excluding carboxylic acids is 1. The smallest absolute Gasteiger partial charge is 0.328 e. The molecule has 1 aliphatic rings. The van der Waals surface area contributed by atoms with Crippen LogP contribution < -0.4 is 0 Å². The number of rotatable bonds is 3. The molecule has 0 saturated heterocycles. The van der Waals surface area contributed by atoms with E-state index in [1.807, 2.05) is 33.8 Å². The van der Waals surface area contributed by atoms with E-state index in [1.54, 1.807) is 11.2 Å². The molecule has 0 aromatic carbocycles. The number of ether oxygens (including phenoxy) is 1. The highest BCUT2D eigenvalue weighted by Crippen LogP contribution is 2.28. The van der Waals surface area contributed by atoms with E-state index in [1.165, 1.54) is 0 Å². The molecular formula is C13H23NO3S. The third kappa shape index (κ3) is 3.73. The maximum Gasteiger partial charge on any atom is 0.328 e. The Hall–Kier alpha value is -0.520. The van der Waals surface area contributed by atoms with E-state index in [2.05, 4.69) is 0 Å². The SMILES string of the molecule is CCOC(=O)[C@@H]1CC(C)=CCN1[S@@+]([O-])C(C)(C)C. The molecule has 1 aliphatic heterocycles. The summed E-state index contributed by atoms with van der Waals surface area (Å²) in [5.41, 5.74) is 1.15. The van der Waals surface area contributed by atoms with Crippen molar-refractivity contribution in [1.29, 1.82) is 0 Å². The zero-order valence-corrected chi connectivity index (χ0v) is 12.7. The lowest BCUT2D eigenvalue weighted by Crippen LogP contribution is -2.53. The van der Waals surface area contributed by atoms with Crippen LogP contribution in [0.3, 0.4) is 0 Å². The number of carbonyl (C=O) groups is 1. The number of nitrogens with zero attached hydrogens (tertiary/aromatic N) is 1. The summed E-state index contributed by atoms with van der Waals surface area (Å²) in [7, 11) is 0. The van der Waals surface area contributed by atoms with Crippen molar-refractivity contribution in [3.63, 3.8) is 0 Å². The summed E-state index contributed by atoms with van der Waals surface area (Å²) < 4.78 is 18.9. The van der Waals surface area contributed by atoms with Gasteiger partial charge in [0, 0.05) is 11.4 Å². The van der Waals surface area contributed by atoms with Crippen LogP contribution in [-0.4, -0.2) is 38.8 Å². The minimum absolute atomic E-state index is 0.275. The largest absolute Gasteiger partial charge is 0.597 e. The average Bonchev–Trinajstić information content (AvgIpc) is 2.27. The van der Waals surface area contributed by atoms with Crippen LogP contribution in [0.2, 0.25) is 0 Å². The van der Waals surface area contributed by atoms with Gasteiger partial charge in [0.15, 0.2) is 6.04 Å². The van der Waals surface area contributed by atoms with E-state index < -0.39 is 17.4 Å². The summed E-state index contributed by atoms with van der Waals surface area (Å²) in [6.45, 7) is 10.4. The van der Waals surface area contributed by atoms with Gasteiger partial charge in [0.25, 0.3) is 0 Å². The Labute approximate surface area is 113 Å². The predicted octanol–water partition coefficient (Wildman–Crippen LogP) is 2.03. The molecule has 0 saturated carbocycles. The molecular weight excluding hydrogens is 250 g/mol. The first-order chi connectivity index (χ1) is 8.27. The molecule has 1 rings (SSSR count). The first-order valence-electron chi connectivity index (χ1n) is 6.28. The monoisotopic (exact) mass is 273 g/mol. The Bertz CT molecular complexity index is 336. The third-order valence-electron chi connectivity index (χ3n) is 2.78. The summed E-state index contributed by atoms with van der Waals surface area (Å²) >= 11 is -1.21. The fourth-order valence-corrected chi connectivity index (χ4v) is 3.14. The molecule has 0 radical (unpaired) electrons. The second-order valence-electron chi connectivity index (χ2n) is 5.48. The summed E-state index contributed by atoms with van der Waals surface area (Å²) in [4.78, 5) is 12.0. The molecule has 0 amide bonds. The molecule has 0 unspecified atom stereocenters. The Kier molecular flexibility index (Phi) is 5.25. The maximum absolute atomic E-state index is 12.4. The van der Waals surface area contributed by atoms with E-state index >= 15 is 0 Å². The summed E-state index contributed by atoms with van der Waals surface area (Å²) in [5.74, 6) is -0.275. The van der Waals surface area contributed by atoms with Crippen LogP contribution >= 0.6 is 0 Å². The third-order valence-corrected chi connectivity index (χ3v) is 4.66. The molecule has 5 heteroatoms. The van der Waals surface area contributed by atoms with E-state index in [-0.39, 0.29) is 10.7 Å². The lowest BCUT2D eigenvalue weighted by Gasteiger charge is -2.37. The molecule has 0 aromatic rings. The molecule has 0 bridgehead atoms. The standard InChI is InChI=1S/C13H23NO3S/c1-6-17-12(15)11-9-10(2)7-8-14(11)18(16)13(3,4)5/h7,11H,6,8-9H2,1-5H3/t11-,18-/m0/s1. The van der Waals surface area contributed by atoms with Crippen LogP contribution in [-0.2, 0) is 20.9 Å². The first-order valence-corrected chi connectivity index (χ1v) is 7.39. The van der Waals surface area contributed by atoms with Crippen molar-refractivity contribution in [3.05, 3.63) is 11.6 Å². The molecule has 18 heavy (non-hydrogen) atoms. The van der Waals surface area contributed by atoms with Crippen molar-refractivity contribution >= 4 is 17.3 Å². The van der Waals surface area contributed by atoms with Gasteiger partial charge < -0.3 is 9.29 Å². The first kappa shape index (κ1) is 15.5. The van der Waals surface area contributed by atoms with E-state index in [0.29, 0.717) is 19.6 Å². The summed E-state index contributed by atoms with van der Waals surface area (Å²) in [6, 6.07) is -0.421. The fraction of sp³-hybridized carbons (Fsp3) is 0.769. The van der Waals surface area contributed by atoms with Crippen LogP contribution in [0, 0.1) is 0 Å². The Morgan fingerprint density at radius 3 is 2.72 bits per heavy atom. The zero-order valence-electron chi connectivity index (χ0n) is 11.9. The van der Waals surface area contributed by atoms with Gasteiger partial charge in [0.2, 0.25) is 0 Å². The highest BCUT2D eigenvalue weighted by atomic mass is 32.2. The minimum Gasteiger partial charge on any atom is -0.597 e. The molecule has 0 fully saturated rings. The highest BCUT2D eigenvalue weighted by molar-refractivity contribution is 7.90.